The zero-order valence-electron chi connectivity index (χ0n) is 19.3. The third-order valence-corrected chi connectivity index (χ3v) is 6.07. The van der Waals surface area contributed by atoms with Gasteiger partial charge in [0.2, 0.25) is 11.8 Å². The molecule has 0 fully saturated rings. The zero-order valence-corrected chi connectivity index (χ0v) is 19.3. The van der Waals surface area contributed by atoms with Crippen molar-refractivity contribution in [3.63, 3.8) is 0 Å². The zero-order chi connectivity index (χ0) is 22.8. The second-order valence-corrected chi connectivity index (χ2v) is 9.51. The van der Waals surface area contributed by atoms with Crippen LogP contribution in [0.2, 0.25) is 0 Å². The van der Waals surface area contributed by atoms with Crippen LogP contribution in [-0.2, 0) is 9.47 Å². The number of para-hydroxylation sites is 2. The van der Waals surface area contributed by atoms with Crippen molar-refractivity contribution in [3.8, 4) is 0 Å². The molecule has 3 aromatic carbocycles. The van der Waals surface area contributed by atoms with Gasteiger partial charge in [0.15, 0.2) is 0 Å². The highest BCUT2D eigenvalue weighted by atomic mass is 16.5. The number of nitrogens with zero attached hydrogens (tertiary/aromatic N) is 2. The van der Waals surface area contributed by atoms with Gasteiger partial charge >= 0.3 is 0 Å². The van der Waals surface area contributed by atoms with Crippen LogP contribution >= 0.6 is 0 Å². The minimum absolute atomic E-state index is 0.0112. The molecule has 168 valence electrons. The second-order valence-electron chi connectivity index (χ2n) is 9.51. The van der Waals surface area contributed by atoms with Crippen molar-refractivity contribution in [3.05, 3.63) is 95.6 Å². The van der Waals surface area contributed by atoms with Crippen molar-refractivity contribution < 1.29 is 9.47 Å². The fraction of sp³-hybridized carbons (Fsp3) is 0.286. The summed E-state index contributed by atoms with van der Waals surface area (Å²) in [5, 5.41) is 3.58. The Labute approximate surface area is 195 Å². The molecule has 2 atom stereocenters. The molecule has 0 aliphatic carbocycles. The van der Waals surface area contributed by atoms with E-state index in [9.17, 15) is 0 Å². The van der Waals surface area contributed by atoms with Crippen LogP contribution < -0.4 is 5.32 Å². The van der Waals surface area contributed by atoms with Gasteiger partial charge in [-0.2, -0.15) is 0 Å². The first kappa shape index (κ1) is 21.3. The molecular formula is C28H29N3O2. The fourth-order valence-electron chi connectivity index (χ4n) is 4.03. The normalized spacial score (nSPS) is 20.0. The summed E-state index contributed by atoms with van der Waals surface area (Å²) in [6.07, 6.45) is 0. The number of rotatable bonds is 5. The monoisotopic (exact) mass is 439 g/mol. The lowest BCUT2D eigenvalue weighted by molar-refractivity contribution is 0.236. The average Bonchev–Trinajstić information content (AvgIpc) is 3.51. The molecule has 2 aliphatic heterocycles. The van der Waals surface area contributed by atoms with Crippen LogP contribution in [0.5, 0.6) is 0 Å². The lowest BCUT2D eigenvalue weighted by Crippen LogP contribution is -2.25. The maximum Gasteiger partial charge on any atom is 0.219 e. The third-order valence-electron chi connectivity index (χ3n) is 6.07. The summed E-state index contributed by atoms with van der Waals surface area (Å²) in [4.78, 5) is 9.75. The number of nitrogens with one attached hydrogen (secondary N) is 1. The van der Waals surface area contributed by atoms with Gasteiger partial charge in [0.05, 0.1) is 28.5 Å². The van der Waals surface area contributed by atoms with E-state index >= 15 is 0 Å². The van der Waals surface area contributed by atoms with E-state index in [0.717, 1.165) is 28.1 Å². The number of anilines is 2. The topological polar surface area (TPSA) is 55.2 Å². The van der Waals surface area contributed by atoms with Crippen LogP contribution in [0, 0.1) is 5.41 Å². The van der Waals surface area contributed by atoms with E-state index in [-0.39, 0.29) is 17.5 Å². The summed E-state index contributed by atoms with van der Waals surface area (Å²) >= 11 is 0. The molecule has 0 aromatic heterocycles. The van der Waals surface area contributed by atoms with Gasteiger partial charge in [0.1, 0.15) is 19.3 Å². The van der Waals surface area contributed by atoms with Crippen molar-refractivity contribution in [2.45, 2.75) is 32.9 Å². The maximum atomic E-state index is 6.03. The quantitative estimate of drug-likeness (QED) is 0.519. The first-order chi connectivity index (χ1) is 16.0. The summed E-state index contributed by atoms with van der Waals surface area (Å²) in [5.74, 6) is 1.35. The van der Waals surface area contributed by atoms with E-state index in [1.165, 1.54) is 0 Å². The summed E-state index contributed by atoms with van der Waals surface area (Å²) in [7, 11) is 0. The third kappa shape index (κ3) is 4.49. The van der Waals surface area contributed by atoms with Gasteiger partial charge in [-0.15, -0.1) is 0 Å². The molecule has 33 heavy (non-hydrogen) atoms. The van der Waals surface area contributed by atoms with E-state index in [0.29, 0.717) is 25.0 Å². The molecule has 3 aromatic rings. The van der Waals surface area contributed by atoms with Crippen molar-refractivity contribution in [2.75, 3.05) is 18.5 Å². The molecule has 0 saturated heterocycles. The van der Waals surface area contributed by atoms with Crippen molar-refractivity contribution in [1.29, 1.82) is 0 Å². The van der Waals surface area contributed by atoms with E-state index in [4.69, 9.17) is 19.5 Å². The van der Waals surface area contributed by atoms with E-state index in [2.05, 4.69) is 38.2 Å². The van der Waals surface area contributed by atoms with Gasteiger partial charge < -0.3 is 14.8 Å². The van der Waals surface area contributed by atoms with Crippen molar-refractivity contribution in [2.24, 2.45) is 15.4 Å². The Kier molecular flexibility index (Phi) is 5.63. The highest BCUT2D eigenvalue weighted by Crippen LogP contribution is 2.32. The summed E-state index contributed by atoms with van der Waals surface area (Å²) in [6, 6.07) is 26.6. The van der Waals surface area contributed by atoms with Crippen LogP contribution in [0.1, 0.15) is 43.5 Å². The van der Waals surface area contributed by atoms with Gasteiger partial charge in [-0.1, -0.05) is 75.4 Å². The lowest BCUT2D eigenvalue weighted by atomic mass is 9.88. The van der Waals surface area contributed by atoms with Crippen LogP contribution in [0.4, 0.5) is 11.4 Å². The molecule has 0 bridgehead atoms. The van der Waals surface area contributed by atoms with Gasteiger partial charge in [-0.05, 0) is 35.2 Å². The van der Waals surface area contributed by atoms with Crippen LogP contribution in [0.25, 0.3) is 0 Å². The number of benzene rings is 3. The number of aliphatic imine (C=N–C) groups is 2. The molecule has 2 aliphatic rings. The van der Waals surface area contributed by atoms with Gasteiger partial charge in [0.25, 0.3) is 0 Å². The van der Waals surface area contributed by atoms with E-state index in [1.54, 1.807) is 0 Å². The fourth-order valence-corrected chi connectivity index (χ4v) is 4.03. The Morgan fingerprint density at radius 3 is 1.85 bits per heavy atom. The molecular weight excluding hydrogens is 410 g/mol. The Balaban J connectivity index is 1.44. The summed E-state index contributed by atoms with van der Waals surface area (Å²) in [5.41, 5.74) is 4.99. The second kappa shape index (κ2) is 8.74. The van der Waals surface area contributed by atoms with Gasteiger partial charge in [-0.3, -0.25) is 0 Å². The molecule has 1 N–H and O–H groups in total. The van der Waals surface area contributed by atoms with Crippen molar-refractivity contribution in [1.82, 2.24) is 0 Å². The number of ether oxygens (including phenoxy) is 2. The molecule has 0 radical (unpaired) electrons. The predicted molar refractivity (Wildman–Crippen MR) is 134 cm³/mol. The summed E-state index contributed by atoms with van der Waals surface area (Å²) in [6.45, 7) is 7.73. The Bertz CT molecular complexity index is 1200. The highest BCUT2D eigenvalue weighted by molar-refractivity contribution is 6.04. The van der Waals surface area contributed by atoms with Gasteiger partial charge in [-0.25, -0.2) is 9.98 Å². The first-order valence-corrected chi connectivity index (χ1v) is 11.4. The molecule has 0 amide bonds. The Morgan fingerprint density at radius 2 is 1.24 bits per heavy atom. The predicted octanol–water partition coefficient (Wildman–Crippen LogP) is 6.14. The number of hydrogen-bond acceptors (Lipinski definition) is 5. The molecule has 0 saturated carbocycles. The largest absolute Gasteiger partial charge is 0.475 e. The molecule has 5 rings (SSSR count). The summed E-state index contributed by atoms with van der Waals surface area (Å²) < 4.78 is 12.0. The van der Waals surface area contributed by atoms with E-state index in [1.807, 2.05) is 66.7 Å². The first-order valence-electron chi connectivity index (χ1n) is 11.4. The Morgan fingerprint density at radius 1 is 0.697 bits per heavy atom. The highest BCUT2D eigenvalue weighted by Gasteiger charge is 2.31. The van der Waals surface area contributed by atoms with Crippen LogP contribution in [0.15, 0.2) is 88.8 Å². The van der Waals surface area contributed by atoms with Crippen LogP contribution in [-0.4, -0.2) is 31.1 Å². The molecule has 2 heterocycles. The lowest BCUT2D eigenvalue weighted by Gasteiger charge is -2.21. The van der Waals surface area contributed by atoms with Crippen molar-refractivity contribution >= 4 is 23.2 Å². The number of hydrogen-bond donors (Lipinski definition) is 1. The smallest absolute Gasteiger partial charge is 0.219 e. The minimum atomic E-state index is 0.0112. The molecule has 5 nitrogen and oxygen atoms in total. The van der Waals surface area contributed by atoms with Gasteiger partial charge in [0, 0.05) is 0 Å². The van der Waals surface area contributed by atoms with E-state index < -0.39 is 0 Å². The SMILES string of the molecule is CC(C)(C)[C@H]1COC(c2ccccc2Nc2ccccc2C2=N[C@@H](c3ccccc3)CO2)=N1. The van der Waals surface area contributed by atoms with Crippen LogP contribution in [0.3, 0.4) is 0 Å². The standard InChI is InChI=1S/C28H29N3O2/c1-28(2,3)25-18-33-27(31-25)21-14-8-10-16-23(21)29-22-15-9-7-13-20(22)26-30-24(17-32-26)19-11-5-4-6-12-19/h4-16,24-25,29H,17-18H2,1-3H3/t24-,25-/m1/s1. The molecule has 0 spiro atoms. The average molecular weight is 440 g/mol. The molecule has 5 heteroatoms. The minimum Gasteiger partial charge on any atom is -0.475 e. The molecule has 0 unspecified atom stereocenters. The maximum absolute atomic E-state index is 6.03. The Hall–Kier alpha value is -3.60.